The number of carboxylic acids is 1. The summed E-state index contributed by atoms with van der Waals surface area (Å²) in [5, 5.41) is 26.0. The second kappa shape index (κ2) is 11.3. The van der Waals surface area contributed by atoms with Gasteiger partial charge in [0.25, 0.3) is 0 Å². The number of nitrogens with zero attached hydrogens (tertiary/aromatic N) is 1. The van der Waals surface area contributed by atoms with Gasteiger partial charge in [0.1, 0.15) is 12.1 Å². The molecule has 0 radical (unpaired) electrons. The lowest BCUT2D eigenvalue weighted by atomic mass is 10.0. The van der Waals surface area contributed by atoms with Crippen LogP contribution in [-0.4, -0.2) is 74.1 Å². The van der Waals surface area contributed by atoms with Gasteiger partial charge in [-0.1, -0.05) is 13.8 Å². The molecule has 12 heteroatoms. The number of hydrogen-bond acceptors (Lipinski definition) is 7. The average molecular weight is 426 g/mol. The van der Waals surface area contributed by atoms with Gasteiger partial charge in [0.2, 0.25) is 17.7 Å². The number of carbonyl (C=O) groups excluding carboxylic acids is 3. The first-order valence-electron chi connectivity index (χ1n) is 9.48. The topological polar surface area (TPSA) is 200 Å². The molecular weight excluding hydrogens is 396 g/mol. The Kier molecular flexibility index (Phi) is 9.40. The van der Waals surface area contributed by atoms with Gasteiger partial charge < -0.3 is 36.9 Å². The summed E-state index contributed by atoms with van der Waals surface area (Å²) in [5.74, 6) is -3.80. The molecule has 0 spiro atoms. The van der Waals surface area contributed by atoms with E-state index in [0.29, 0.717) is 5.69 Å². The van der Waals surface area contributed by atoms with Crippen molar-refractivity contribution in [3.8, 4) is 0 Å². The largest absolute Gasteiger partial charge is 0.480 e. The fourth-order valence-corrected chi connectivity index (χ4v) is 2.55. The van der Waals surface area contributed by atoms with Crippen LogP contribution in [0.4, 0.5) is 0 Å². The highest BCUT2D eigenvalue weighted by Gasteiger charge is 2.33. The maximum atomic E-state index is 12.9. The molecule has 8 N–H and O–H groups in total. The molecule has 0 aromatic carbocycles. The molecule has 0 aliphatic heterocycles. The van der Waals surface area contributed by atoms with E-state index in [1.165, 1.54) is 26.4 Å². The minimum Gasteiger partial charge on any atom is -0.480 e. The Hall–Kier alpha value is -2.99. The third-order valence-electron chi connectivity index (χ3n) is 4.32. The highest BCUT2D eigenvalue weighted by molar-refractivity contribution is 5.94. The van der Waals surface area contributed by atoms with Crippen LogP contribution in [0.2, 0.25) is 0 Å². The zero-order valence-corrected chi connectivity index (χ0v) is 17.4. The second-order valence-electron chi connectivity index (χ2n) is 7.43. The number of carbonyl (C=O) groups is 4. The van der Waals surface area contributed by atoms with Crippen LogP contribution in [0.3, 0.4) is 0 Å². The number of imidazole rings is 1. The standard InChI is InChI=1S/C18H30N6O6/c1-8(2)13(17(28)24-14(10(4)25)18(29)30)23-16(27)12(22-15(26)9(3)19)5-11-6-20-7-21-11/h6-10,12-14,25H,5,19H2,1-4H3,(H,20,21)(H,22,26)(H,23,27)(H,24,28)(H,29,30). The van der Waals surface area contributed by atoms with Crippen LogP contribution in [0.25, 0.3) is 0 Å². The lowest BCUT2D eigenvalue weighted by Gasteiger charge is -2.27. The number of aromatic amines is 1. The zero-order valence-electron chi connectivity index (χ0n) is 17.4. The van der Waals surface area contributed by atoms with Gasteiger partial charge in [0.15, 0.2) is 6.04 Å². The van der Waals surface area contributed by atoms with Crippen molar-refractivity contribution in [1.29, 1.82) is 0 Å². The average Bonchev–Trinajstić information content (AvgIpc) is 3.15. The van der Waals surface area contributed by atoms with Crippen molar-refractivity contribution in [2.75, 3.05) is 0 Å². The van der Waals surface area contributed by atoms with E-state index in [9.17, 15) is 24.3 Å². The molecule has 0 saturated carbocycles. The van der Waals surface area contributed by atoms with Gasteiger partial charge in [-0.3, -0.25) is 14.4 Å². The number of aliphatic hydroxyl groups excluding tert-OH is 1. The third-order valence-corrected chi connectivity index (χ3v) is 4.32. The summed E-state index contributed by atoms with van der Waals surface area (Å²) >= 11 is 0. The van der Waals surface area contributed by atoms with Crippen LogP contribution in [0.15, 0.2) is 12.5 Å². The van der Waals surface area contributed by atoms with Crippen molar-refractivity contribution in [2.24, 2.45) is 11.7 Å². The molecule has 1 aromatic rings. The van der Waals surface area contributed by atoms with Crippen LogP contribution in [0.1, 0.15) is 33.4 Å². The summed E-state index contributed by atoms with van der Waals surface area (Å²) in [6, 6.07) is -4.54. The number of hydrogen-bond donors (Lipinski definition) is 7. The van der Waals surface area contributed by atoms with Gasteiger partial charge in [0, 0.05) is 18.3 Å². The monoisotopic (exact) mass is 426 g/mol. The second-order valence-corrected chi connectivity index (χ2v) is 7.43. The van der Waals surface area contributed by atoms with E-state index < -0.39 is 59.9 Å². The lowest BCUT2D eigenvalue weighted by molar-refractivity contribution is -0.145. The number of nitrogens with two attached hydrogens (primary N) is 1. The predicted octanol–water partition coefficient (Wildman–Crippen LogP) is -2.12. The third kappa shape index (κ3) is 7.44. The molecule has 1 aromatic heterocycles. The number of aliphatic hydroxyl groups is 1. The number of carboxylic acid groups (broad SMARTS) is 1. The number of nitrogens with one attached hydrogen (secondary N) is 4. The van der Waals surface area contributed by atoms with E-state index in [1.807, 2.05) is 0 Å². The number of aliphatic carboxylic acids is 1. The molecule has 0 bridgehead atoms. The van der Waals surface area contributed by atoms with Crippen LogP contribution >= 0.6 is 0 Å². The molecule has 0 aliphatic rings. The Morgan fingerprint density at radius 1 is 1.03 bits per heavy atom. The normalized spacial score (nSPS) is 16.1. The number of aromatic nitrogens is 2. The summed E-state index contributed by atoms with van der Waals surface area (Å²) in [6.07, 6.45) is 1.64. The van der Waals surface area contributed by atoms with Crippen molar-refractivity contribution in [3.63, 3.8) is 0 Å². The Morgan fingerprint density at radius 3 is 2.07 bits per heavy atom. The number of rotatable bonds is 11. The molecule has 12 nitrogen and oxygen atoms in total. The molecule has 3 amide bonds. The first-order chi connectivity index (χ1) is 13.9. The highest BCUT2D eigenvalue weighted by atomic mass is 16.4. The van der Waals surface area contributed by atoms with Crippen molar-refractivity contribution in [2.45, 2.75) is 64.4 Å². The van der Waals surface area contributed by atoms with Gasteiger partial charge in [-0.2, -0.15) is 0 Å². The van der Waals surface area contributed by atoms with Gasteiger partial charge in [0.05, 0.1) is 18.5 Å². The van der Waals surface area contributed by atoms with E-state index in [4.69, 9.17) is 10.8 Å². The Balaban J connectivity index is 2.98. The van der Waals surface area contributed by atoms with Crippen molar-refractivity contribution in [3.05, 3.63) is 18.2 Å². The van der Waals surface area contributed by atoms with Crippen molar-refractivity contribution >= 4 is 23.7 Å². The van der Waals surface area contributed by atoms with E-state index >= 15 is 0 Å². The number of amides is 3. The maximum absolute atomic E-state index is 12.9. The van der Waals surface area contributed by atoms with Crippen LogP contribution in [-0.2, 0) is 25.6 Å². The van der Waals surface area contributed by atoms with Gasteiger partial charge in [-0.25, -0.2) is 9.78 Å². The summed E-state index contributed by atoms with van der Waals surface area (Å²) < 4.78 is 0. The molecule has 5 unspecified atom stereocenters. The molecule has 168 valence electrons. The minimum absolute atomic E-state index is 0.0716. The molecule has 0 aliphatic carbocycles. The SMILES string of the molecule is CC(N)C(=O)NC(Cc1cnc[nH]1)C(=O)NC(C(=O)NC(C(=O)O)C(C)O)C(C)C. The highest BCUT2D eigenvalue weighted by Crippen LogP contribution is 2.06. The zero-order chi connectivity index (χ0) is 23.0. The van der Waals surface area contributed by atoms with E-state index in [-0.39, 0.29) is 6.42 Å². The van der Waals surface area contributed by atoms with Crippen LogP contribution < -0.4 is 21.7 Å². The molecule has 0 saturated heterocycles. The number of H-pyrrole nitrogens is 1. The summed E-state index contributed by atoms with van der Waals surface area (Å²) in [4.78, 5) is 55.4. The summed E-state index contributed by atoms with van der Waals surface area (Å²) in [6.45, 7) is 6.01. The lowest BCUT2D eigenvalue weighted by Crippen LogP contribution is -2.59. The van der Waals surface area contributed by atoms with Crippen LogP contribution in [0.5, 0.6) is 0 Å². The van der Waals surface area contributed by atoms with Crippen molar-refractivity contribution < 1.29 is 29.4 Å². The van der Waals surface area contributed by atoms with Gasteiger partial charge >= 0.3 is 5.97 Å². The van der Waals surface area contributed by atoms with Gasteiger partial charge in [-0.05, 0) is 19.8 Å². The first kappa shape index (κ1) is 25.0. The molecular formula is C18H30N6O6. The molecule has 5 atom stereocenters. The van der Waals surface area contributed by atoms with E-state index in [0.717, 1.165) is 0 Å². The fraction of sp³-hybridized carbons (Fsp3) is 0.611. The summed E-state index contributed by atoms with van der Waals surface area (Å²) in [5.41, 5.74) is 6.13. The smallest absolute Gasteiger partial charge is 0.328 e. The predicted molar refractivity (Wildman–Crippen MR) is 106 cm³/mol. The molecule has 1 rings (SSSR count). The Labute approximate surface area is 174 Å². The molecule has 1 heterocycles. The quantitative estimate of drug-likeness (QED) is 0.208. The van der Waals surface area contributed by atoms with Gasteiger partial charge in [-0.15, -0.1) is 0 Å². The minimum atomic E-state index is -1.53. The van der Waals surface area contributed by atoms with Crippen molar-refractivity contribution in [1.82, 2.24) is 25.9 Å². The Morgan fingerprint density at radius 2 is 1.63 bits per heavy atom. The molecule has 30 heavy (non-hydrogen) atoms. The first-order valence-corrected chi connectivity index (χ1v) is 9.48. The Bertz CT molecular complexity index is 734. The maximum Gasteiger partial charge on any atom is 0.328 e. The van der Waals surface area contributed by atoms with E-state index in [1.54, 1.807) is 13.8 Å². The fourth-order valence-electron chi connectivity index (χ4n) is 2.55. The van der Waals surface area contributed by atoms with E-state index in [2.05, 4.69) is 25.9 Å². The van der Waals surface area contributed by atoms with Crippen LogP contribution in [0, 0.1) is 5.92 Å². The summed E-state index contributed by atoms with van der Waals surface area (Å²) in [7, 11) is 0. The molecule has 0 fully saturated rings.